The van der Waals surface area contributed by atoms with Crippen LogP contribution in [0.3, 0.4) is 0 Å². The zero-order valence-corrected chi connectivity index (χ0v) is 10.0. The summed E-state index contributed by atoms with van der Waals surface area (Å²) in [5.41, 5.74) is 0. The number of nitrogens with one attached hydrogen (secondary N) is 1. The Hall–Kier alpha value is -0.0800. The molecule has 0 unspecified atom stereocenters. The lowest BCUT2D eigenvalue weighted by Crippen LogP contribution is -2.30. The van der Waals surface area contributed by atoms with Crippen molar-refractivity contribution in [1.82, 2.24) is 5.32 Å². The van der Waals surface area contributed by atoms with Crippen LogP contribution in [0.4, 0.5) is 0 Å². The summed E-state index contributed by atoms with van der Waals surface area (Å²) in [4.78, 5) is 0. The molecule has 2 nitrogen and oxygen atoms in total. The summed E-state index contributed by atoms with van der Waals surface area (Å²) < 4.78 is 5.57. The second-order valence-electron chi connectivity index (χ2n) is 5.25. The molecule has 2 aliphatic carbocycles. The van der Waals surface area contributed by atoms with Gasteiger partial charge >= 0.3 is 0 Å². The molecule has 1 N–H and O–H groups in total. The lowest BCUT2D eigenvalue weighted by Gasteiger charge is -2.30. The van der Waals surface area contributed by atoms with Crippen molar-refractivity contribution < 1.29 is 4.74 Å². The van der Waals surface area contributed by atoms with Crippen molar-refractivity contribution in [3.05, 3.63) is 0 Å². The van der Waals surface area contributed by atoms with Gasteiger partial charge in [0.25, 0.3) is 0 Å². The Bertz CT molecular complexity index is 179. The van der Waals surface area contributed by atoms with Gasteiger partial charge < -0.3 is 10.1 Å². The highest BCUT2D eigenvalue weighted by molar-refractivity contribution is 4.78. The first-order valence-corrected chi connectivity index (χ1v) is 6.63. The molecule has 2 aliphatic rings. The molecular weight excluding hydrogens is 186 g/mol. The normalized spacial score (nSPS) is 31.8. The molecule has 2 saturated carbocycles. The van der Waals surface area contributed by atoms with Crippen LogP contribution in [0.2, 0.25) is 0 Å². The molecule has 0 aromatic rings. The molecule has 0 aromatic carbocycles. The van der Waals surface area contributed by atoms with Gasteiger partial charge in [-0.25, -0.2) is 0 Å². The van der Waals surface area contributed by atoms with E-state index >= 15 is 0 Å². The topological polar surface area (TPSA) is 21.3 Å². The van der Waals surface area contributed by atoms with Crippen LogP contribution in [0.15, 0.2) is 0 Å². The average Bonchev–Trinajstić information content (AvgIpc) is 3.09. The van der Waals surface area contributed by atoms with Crippen LogP contribution in [-0.2, 0) is 4.74 Å². The second kappa shape index (κ2) is 5.86. The fraction of sp³-hybridized carbons (Fsp3) is 1.00. The van der Waals surface area contributed by atoms with Crippen LogP contribution < -0.4 is 5.32 Å². The highest BCUT2D eigenvalue weighted by atomic mass is 16.5. The molecule has 2 fully saturated rings. The van der Waals surface area contributed by atoms with Gasteiger partial charge in [0.2, 0.25) is 0 Å². The highest BCUT2D eigenvalue weighted by Gasteiger charge is 2.25. The number of methoxy groups -OCH3 is 1. The third-order valence-electron chi connectivity index (χ3n) is 3.96. The van der Waals surface area contributed by atoms with E-state index in [1.807, 2.05) is 7.11 Å². The van der Waals surface area contributed by atoms with E-state index in [1.165, 1.54) is 58.0 Å². The Morgan fingerprint density at radius 2 is 1.93 bits per heavy atom. The number of hydrogen-bond acceptors (Lipinski definition) is 2. The summed E-state index contributed by atoms with van der Waals surface area (Å²) in [7, 11) is 1.88. The third-order valence-corrected chi connectivity index (χ3v) is 3.96. The molecule has 0 aromatic heterocycles. The molecule has 88 valence electrons. The molecule has 0 amide bonds. The van der Waals surface area contributed by atoms with Crippen molar-refractivity contribution in [1.29, 1.82) is 0 Å². The standard InChI is InChI=1S/C13H25NO/c1-15-13-5-3-2-4-12(13)8-9-14-10-11-6-7-11/h11-14H,2-10H2,1H3/t12-,13+/m1/s1. The van der Waals surface area contributed by atoms with Crippen LogP contribution in [-0.4, -0.2) is 26.3 Å². The first kappa shape index (κ1) is 11.4. The van der Waals surface area contributed by atoms with Gasteiger partial charge in [-0.15, -0.1) is 0 Å². The van der Waals surface area contributed by atoms with Crippen LogP contribution in [0.25, 0.3) is 0 Å². The van der Waals surface area contributed by atoms with Gasteiger partial charge in [0.1, 0.15) is 0 Å². The van der Waals surface area contributed by atoms with E-state index in [9.17, 15) is 0 Å². The molecule has 0 aliphatic heterocycles. The molecule has 2 heteroatoms. The van der Waals surface area contributed by atoms with Crippen molar-refractivity contribution in [3.8, 4) is 0 Å². The number of hydrogen-bond donors (Lipinski definition) is 1. The van der Waals surface area contributed by atoms with Crippen molar-refractivity contribution in [2.75, 3.05) is 20.2 Å². The molecule has 0 heterocycles. The SMILES string of the molecule is CO[C@H]1CCCC[C@@H]1CCNCC1CC1. The minimum atomic E-state index is 0.543. The molecule has 0 bridgehead atoms. The number of ether oxygens (including phenoxy) is 1. The maximum atomic E-state index is 5.57. The molecule has 2 rings (SSSR count). The van der Waals surface area contributed by atoms with Gasteiger partial charge in [0.05, 0.1) is 6.10 Å². The summed E-state index contributed by atoms with van der Waals surface area (Å²) >= 11 is 0. The summed E-state index contributed by atoms with van der Waals surface area (Å²) in [5, 5.41) is 3.58. The monoisotopic (exact) mass is 211 g/mol. The van der Waals surface area contributed by atoms with Crippen molar-refractivity contribution in [2.24, 2.45) is 11.8 Å². The van der Waals surface area contributed by atoms with Crippen LogP contribution in [0, 0.1) is 11.8 Å². The molecule has 0 spiro atoms. The minimum Gasteiger partial charge on any atom is -0.381 e. The van der Waals surface area contributed by atoms with E-state index in [1.54, 1.807) is 0 Å². The summed E-state index contributed by atoms with van der Waals surface area (Å²) in [6, 6.07) is 0. The fourth-order valence-electron chi connectivity index (χ4n) is 2.73. The highest BCUT2D eigenvalue weighted by Crippen LogP contribution is 2.29. The molecular formula is C13H25NO. The Labute approximate surface area is 93.8 Å². The molecule has 0 radical (unpaired) electrons. The molecule has 2 atom stereocenters. The second-order valence-corrected chi connectivity index (χ2v) is 5.25. The van der Waals surface area contributed by atoms with Crippen molar-refractivity contribution >= 4 is 0 Å². The van der Waals surface area contributed by atoms with Gasteiger partial charge in [0, 0.05) is 7.11 Å². The Kier molecular flexibility index (Phi) is 4.45. The van der Waals surface area contributed by atoms with Gasteiger partial charge in [-0.3, -0.25) is 0 Å². The minimum absolute atomic E-state index is 0.543. The van der Waals surface area contributed by atoms with Crippen molar-refractivity contribution in [3.63, 3.8) is 0 Å². The predicted octanol–water partition coefficient (Wildman–Crippen LogP) is 2.58. The summed E-state index contributed by atoms with van der Waals surface area (Å²) in [6.45, 7) is 2.45. The van der Waals surface area contributed by atoms with Crippen LogP contribution in [0.5, 0.6) is 0 Å². The van der Waals surface area contributed by atoms with Crippen LogP contribution >= 0.6 is 0 Å². The predicted molar refractivity (Wildman–Crippen MR) is 63.0 cm³/mol. The van der Waals surface area contributed by atoms with Gasteiger partial charge in [0.15, 0.2) is 0 Å². The number of rotatable bonds is 6. The van der Waals surface area contributed by atoms with Gasteiger partial charge in [-0.1, -0.05) is 12.8 Å². The zero-order valence-electron chi connectivity index (χ0n) is 10.0. The lowest BCUT2D eigenvalue weighted by atomic mass is 9.84. The first-order valence-electron chi connectivity index (χ1n) is 6.63. The van der Waals surface area contributed by atoms with E-state index in [0.717, 1.165) is 11.8 Å². The van der Waals surface area contributed by atoms with Crippen molar-refractivity contribution in [2.45, 2.75) is 51.0 Å². The molecule has 15 heavy (non-hydrogen) atoms. The lowest BCUT2D eigenvalue weighted by molar-refractivity contribution is 0.0206. The largest absolute Gasteiger partial charge is 0.381 e. The average molecular weight is 211 g/mol. The van der Waals surface area contributed by atoms with E-state index < -0.39 is 0 Å². The van der Waals surface area contributed by atoms with Gasteiger partial charge in [-0.05, 0) is 57.0 Å². The maximum Gasteiger partial charge on any atom is 0.0600 e. The summed E-state index contributed by atoms with van der Waals surface area (Å²) in [6.07, 6.45) is 10.2. The van der Waals surface area contributed by atoms with Crippen LogP contribution in [0.1, 0.15) is 44.9 Å². The van der Waals surface area contributed by atoms with E-state index in [2.05, 4.69) is 5.32 Å². The Morgan fingerprint density at radius 1 is 1.13 bits per heavy atom. The zero-order chi connectivity index (χ0) is 10.5. The van der Waals surface area contributed by atoms with E-state index in [4.69, 9.17) is 4.74 Å². The maximum absolute atomic E-state index is 5.57. The first-order chi connectivity index (χ1) is 7.40. The summed E-state index contributed by atoms with van der Waals surface area (Å²) in [5.74, 6) is 1.82. The Morgan fingerprint density at radius 3 is 2.67 bits per heavy atom. The molecule has 0 saturated heterocycles. The van der Waals surface area contributed by atoms with Gasteiger partial charge in [-0.2, -0.15) is 0 Å². The smallest absolute Gasteiger partial charge is 0.0600 e. The Balaban J connectivity index is 1.58. The third kappa shape index (κ3) is 3.76. The van der Waals surface area contributed by atoms with E-state index in [-0.39, 0.29) is 0 Å². The fourth-order valence-corrected chi connectivity index (χ4v) is 2.73. The van der Waals surface area contributed by atoms with E-state index in [0.29, 0.717) is 6.10 Å². The quantitative estimate of drug-likeness (QED) is 0.682.